The molecule has 0 aromatic carbocycles. The van der Waals surface area contributed by atoms with E-state index in [0.29, 0.717) is 6.61 Å². The normalized spacial score (nSPS) is 27.3. The van der Waals surface area contributed by atoms with E-state index in [1.165, 1.54) is 0 Å². The number of hydrogen-bond donors (Lipinski definition) is 0. The van der Waals surface area contributed by atoms with Crippen molar-refractivity contribution in [2.45, 2.75) is 79.1 Å². The van der Waals surface area contributed by atoms with Crippen molar-refractivity contribution in [1.29, 1.82) is 0 Å². The standard InChI is InChI=1S/C16H30O3/c1-9-18-13(14(2,3)4)12(17)11-10-15(5,6)19-16(11,7)8/h11,13H,9-10H2,1-8H3. The topological polar surface area (TPSA) is 35.5 Å². The Balaban J connectivity index is 2.98. The summed E-state index contributed by atoms with van der Waals surface area (Å²) in [6.07, 6.45) is 0.401. The van der Waals surface area contributed by atoms with Crippen molar-refractivity contribution in [3.63, 3.8) is 0 Å². The monoisotopic (exact) mass is 270 g/mol. The maximum Gasteiger partial charge on any atom is 0.168 e. The zero-order valence-corrected chi connectivity index (χ0v) is 13.8. The number of hydrogen-bond acceptors (Lipinski definition) is 3. The molecule has 0 N–H and O–H groups in total. The molecule has 0 aliphatic carbocycles. The quantitative estimate of drug-likeness (QED) is 0.783. The van der Waals surface area contributed by atoms with Crippen molar-refractivity contribution < 1.29 is 14.3 Å². The first-order valence-electron chi connectivity index (χ1n) is 7.26. The van der Waals surface area contributed by atoms with Gasteiger partial charge in [-0.25, -0.2) is 0 Å². The lowest BCUT2D eigenvalue weighted by Gasteiger charge is -2.34. The van der Waals surface area contributed by atoms with Gasteiger partial charge in [-0.2, -0.15) is 0 Å². The minimum absolute atomic E-state index is 0.0988. The lowest BCUT2D eigenvalue weighted by atomic mass is 9.76. The average molecular weight is 270 g/mol. The van der Waals surface area contributed by atoms with Gasteiger partial charge in [0, 0.05) is 6.61 Å². The van der Waals surface area contributed by atoms with Gasteiger partial charge in [0.15, 0.2) is 5.78 Å². The smallest absolute Gasteiger partial charge is 0.168 e. The third-order valence-corrected chi connectivity index (χ3v) is 3.80. The highest BCUT2D eigenvalue weighted by Crippen LogP contribution is 2.44. The number of ether oxygens (including phenoxy) is 2. The maximum absolute atomic E-state index is 12.9. The second-order valence-corrected chi connectivity index (χ2v) is 7.83. The van der Waals surface area contributed by atoms with E-state index in [9.17, 15) is 4.79 Å². The fourth-order valence-electron chi connectivity index (χ4n) is 3.11. The van der Waals surface area contributed by atoms with Crippen LogP contribution in [-0.2, 0) is 14.3 Å². The van der Waals surface area contributed by atoms with Gasteiger partial charge in [-0.1, -0.05) is 20.8 Å². The van der Waals surface area contributed by atoms with Gasteiger partial charge in [-0.15, -0.1) is 0 Å². The maximum atomic E-state index is 12.9. The molecule has 0 bridgehead atoms. The predicted octanol–water partition coefficient (Wildman–Crippen LogP) is 3.60. The van der Waals surface area contributed by atoms with Gasteiger partial charge >= 0.3 is 0 Å². The molecule has 112 valence electrons. The highest BCUT2D eigenvalue weighted by Gasteiger charge is 2.52. The summed E-state index contributed by atoms with van der Waals surface area (Å²) in [5.74, 6) is 0.0863. The number of ketones is 1. The first-order valence-corrected chi connectivity index (χ1v) is 7.26. The summed E-state index contributed by atoms with van der Waals surface area (Å²) >= 11 is 0. The molecule has 2 atom stereocenters. The van der Waals surface area contributed by atoms with Crippen molar-refractivity contribution >= 4 is 5.78 Å². The van der Waals surface area contributed by atoms with Crippen LogP contribution in [0.3, 0.4) is 0 Å². The minimum atomic E-state index is -0.415. The summed E-state index contributed by atoms with van der Waals surface area (Å²) in [5.41, 5.74) is -0.838. The van der Waals surface area contributed by atoms with Crippen LogP contribution in [0, 0.1) is 11.3 Å². The second-order valence-electron chi connectivity index (χ2n) is 7.83. The molecule has 1 aliphatic rings. The first kappa shape index (κ1) is 16.6. The molecule has 1 rings (SSSR count). The van der Waals surface area contributed by atoms with Crippen LogP contribution in [0.5, 0.6) is 0 Å². The van der Waals surface area contributed by atoms with Crippen molar-refractivity contribution in [3.05, 3.63) is 0 Å². The summed E-state index contributed by atoms with van der Waals surface area (Å²) in [4.78, 5) is 12.9. The fraction of sp³-hybridized carbons (Fsp3) is 0.938. The molecule has 3 nitrogen and oxygen atoms in total. The van der Waals surface area contributed by atoms with Crippen LogP contribution >= 0.6 is 0 Å². The number of rotatable bonds is 4. The van der Waals surface area contributed by atoms with E-state index < -0.39 is 5.60 Å². The minimum Gasteiger partial charge on any atom is -0.370 e. The Morgan fingerprint density at radius 3 is 2.16 bits per heavy atom. The zero-order valence-electron chi connectivity index (χ0n) is 13.8. The SMILES string of the molecule is CCOC(C(=O)C1CC(C)(C)OC1(C)C)C(C)(C)C. The Morgan fingerprint density at radius 1 is 1.32 bits per heavy atom. The molecule has 1 fully saturated rings. The number of carbonyl (C=O) groups excluding carboxylic acids is 1. The summed E-state index contributed by atoms with van der Waals surface area (Å²) < 4.78 is 11.8. The third-order valence-electron chi connectivity index (χ3n) is 3.80. The molecule has 19 heavy (non-hydrogen) atoms. The van der Waals surface area contributed by atoms with E-state index >= 15 is 0 Å². The van der Waals surface area contributed by atoms with Crippen LogP contribution in [0.15, 0.2) is 0 Å². The highest BCUT2D eigenvalue weighted by atomic mass is 16.5. The molecule has 2 unspecified atom stereocenters. The Labute approximate surface area is 118 Å². The highest BCUT2D eigenvalue weighted by molar-refractivity contribution is 5.87. The number of Topliss-reactive ketones (excluding diaryl/α,β-unsaturated/α-hetero) is 1. The van der Waals surface area contributed by atoms with E-state index in [1.807, 2.05) is 20.8 Å². The van der Waals surface area contributed by atoms with Crippen molar-refractivity contribution in [1.82, 2.24) is 0 Å². The number of carbonyl (C=O) groups is 1. The molecular weight excluding hydrogens is 240 g/mol. The van der Waals surface area contributed by atoms with Crippen LogP contribution in [-0.4, -0.2) is 29.7 Å². The Morgan fingerprint density at radius 2 is 1.84 bits per heavy atom. The van der Waals surface area contributed by atoms with Crippen LogP contribution in [0.1, 0.15) is 61.8 Å². The summed E-state index contributed by atoms with van der Waals surface area (Å²) in [6, 6.07) is 0. The van der Waals surface area contributed by atoms with Gasteiger partial charge < -0.3 is 9.47 Å². The van der Waals surface area contributed by atoms with Gasteiger partial charge in [0.25, 0.3) is 0 Å². The van der Waals surface area contributed by atoms with E-state index in [1.54, 1.807) is 0 Å². The summed E-state index contributed by atoms with van der Waals surface area (Å²) in [6.45, 7) is 16.8. The Kier molecular flexibility index (Phi) is 4.53. The summed E-state index contributed by atoms with van der Waals surface area (Å²) in [7, 11) is 0. The fourth-order valence-corrected chi connectivity index (χ4v) is 3.11. The molecular formula is C16H30O3. The van der Waals surface area contributed by atoms with Crippen LogP contribution in [0.2, 0.25) is 0 Å². The van der Waals surface area contributed by atoms with Crippen LogP contribution in [0.25, 0.3) is 0 Å². The van der Waals surface area contributed by atoms with Crippen molar-refractivity contribution in [2.24, 2.45) is 11.3 Å². The molecule has 0 saturated carbocycles. The zero-order chi connectivity index (χ0) is 15.1. The average Bonchev–Trinajstić information content (AvgIpc) is 2.40. The van der Waals surface area contributed by atoms with Gasteiger partial charge in [0.05, 0.1) is 17.1 Å². The first-order chi connectivity index (χ1) is 8.41. The van der Waals surface area contributed by atoms with Crippen molar-refractivity contribution in [2.75, 3.05) is 6.61 Å². The van der Waals surface area contributed by atoms with E-state index in [2.05, 4.69) is 34.6 Å². The molecule has 0 aromatic heterocycles. The molecule has 3 heteroatoms. The molecule has 0 radical (unpaired) electrons. The molecule has 1 heterocycles. The van der Waals surface area contributed by atoms with Gasteiger partial charge in [0.2, 0.25) is 0 Å². The molecule has 0 spiro atoms. The summed E-state index contributed by atoms with van der Waals surface area (Å²) in [5, 5.41) is 0. The van der Waals surface area contributed by atoms with E-state index in [4.69, 9.17) is 9.47 Å². The predicted molar refractivity (Wildman–Crippen MR) is 77.2 cm³/mol. The Hall–Kier alpha value is -0.410. The lowest BCUT2D eigenvalue weighted by molar-refractivity contribution is -0.147. The third kappa shape index (κ3) is 3.79. The van der Waals surface area contributed by atoms with Gasteiger partial charge in [-0.05, 0) is 46.5 Å². The van der Waals surface area contributed by atoms with Gasteiger partial charge in [-0.3, -0.25) is 4.79 Å². The molecule has 0 aromatic rings. The van der Waals surface area contributed by atoms with E-state index in [0.717, 1.165) is 6.42 Å². The van der Waals surface area contributed by atoms with Gasteiger partial charge in [0.1, 0.15) is 6.10 Å². The molecule has 1 saturated heterocycles. The Bertz CT molecular complexity index is 336. The molecule has 1 aliphatic heterocycles. The lowest BCUT2D eigenvalue weighted by Crippen LogP contribution is -2.45. The van der Waals surface area contributed by atoms with Crippen LogP contribution in [0.4, 0.5) is 0 Å². The van der Waals surface area contributed by atoms with Crippen LogP contribution < -0.4 is 0 Å². The molecule has 0 amide bonds. The van der Waals surface area contributed by atoms with E-state index in [-0.39, 0.29) is 28.8 Å². The van der Waals surface area contributed by atoms with Crippen molar-refractivity contribution in [3.8, 4) is 0 Å². The largest absolute Gasteiger partial charge is 0.370 e. The second kappa shape index (κ2) is 5.17.